The molecule has 0 spiro atoms. The number of carbonyl (C=O) groups is 2. The number of anilines is 1. The van der Waals surface area contributed by atoms with Gasteiger partial charge in [0.05, 0.1) is 6.41 Å². The molecule has 1 aliphatic heterocycles. The van der Waals surface area contributed by atoms with Gasteiger partial charge in [0.15, 0.2) is 0 Å². The zero-order valence-corrected chi connectivity index (χ0v) is 14.0. The molecular formula is C14H16N2NaO3-. The van der Waals surface area contributed by atoms with E-state index < -0.39 is 0 Å². The first-order valence-corrected chi connectivity index (χ1v) is 5.96. The molecule has 102 valence electrons. The van der Waals surface area contributed by atoms with Crippen LogP contribution in [0.2, 0.25) is 0 Å². The van der Waals surface area contributed by atoms with Crippen LogP contribution in [-0.4, -0.2) is 25.3 Å². The molecule has 0 aromatic heterocycles. The van der Waals surface area contributed by atoms with E-state index in [1.165, 1.54) is 4.90 Å². The maximum atomic E-state index is 10.3. The summed E-state index contributed by atoms with van der Waals surface area (Å²) in [7, 11) is 1.66. The number of piperidine rings is 1. The Morgan fingerprint density at radius 2 is 1.90 bits per heavy atom. The molecule has 1 aromatic carbocycles. The Labute approximate surface area is 141 Å². The third kappa shape index (κ3) is 6.32. The maximum Gasteiger partial charge on any atom is 1.00 e. The molecule has 1 heterocycles. The molecule has 0 atom stereocenters. The summed E-state index contributed by atoms with van der Waals surface area (Å²) in [4.78, 5) is 32.3. The second-order valence-electron chi connectivity index (χ2n) is 4.18. The van der Waals surface area contributed by atoms with E-state index in [4.69, 9.17) is 0 Å². The van der Waals surface area contributed by atoms with Crippen molar-refractivity contribution in [3.63, 3.8) is 0 Å². The summed E-state index contributed by atoms with van der Waals surface area (Å²) in [6.45, 7) is 1.93. The predicted molar refractivity (Wildman–Crippen MR) is 71.1 cm³/mol. The standard InChI is InChI=1S/C9H9NO.C5H7NO2.Na/c1-8-5-3-4-6-9(8)10(2)7-11;7-4-2-1-3-5(8)6-4;/h3-5H,1-2H3;1-3H2,(H,6,7,8);/q-2;;+1. The summed E-state index contributed by atoms with van der Waals surface area (Å²) in [5.41, 5.74) is 1.81. The Kier molecular flexibility index (Phi) is 9.12. The molecule has 0 bridgehead atoms. The van der Waals surface area contributed by atoms with Crippen molar-refractivity contribution < 1.29 is 43.9 Å². The molecule has 6 heteroatoms. The molecule has 5 nitrogen and oxygen atoms in total. The number of amides is 3. The first-order chi connectivity index (χ1) is 9.04. The quantitative estimate of drug-likeness (QED) is 0.299. The summed E-state index contributed by atoms with van der Waals surface area (Å²) in [6.07, 6.45) is 3.50. The molecule has 20 heavy (non-hydrogen) atoms. The van der Waals surface area contributed by atoms with Gasteiger partial charge in [-0.15, -0.1) is 6.92 Å². The van der Waals surface area contributed by atoms with E-state index >= 15 is 0 Å². The monoisotopic (exact) mass is 283 g/mol. The number of nitrogens with one attached hydrogen (secondary N) is 1. The first-order valence-electron chi connectivity index (χ1n) is 5.96. The number of para-hydroxylation sites is 1. The average molecular weight is 283 g/mol. The number of imide groups is 1. The van der Waals surface area contributed by atoms with Gasteiger partial charge in [-0.1, -0.05) is 0 Å². The van der Waals surface area contributed by atoms with Gasteiger partial charge in [0.1, 0.15) is 0 Å². The third-order valence-corrected chi connectivity index (χ3v) is 2.59. The molecule has 0 unspecified atom stereocenters. The van der Waals surface area contributed by atoms with Gasteiger partial charge in [0.25, 0.3) is 0 Å². The molecule has 0 saturated carbocycles. The normalized spacial score (nSPS) is 13.3. The molecule has 0 radical (unpaired) electrons. The van der Waals surface area contributed by atoms with Gasteiger partial charge in [0, 0.05) is 12.8 Å². The minimum atomic E-state index is -0.138. The Bertz CT molecular complexity index is 463. The minimum absolute atomic E-state index is 0. The fourth-order valence-corrected chi connectivity index (χ4v) is 1.61. The van der Waals surface area contributed by atoms with Crippen LogP contribution >= 0.6 is 0 Å². The average Bonchev–Trinajstić information content (AvgIpc) is 2.39. The minimum Gasteiger partial charge on any atom is -0.501 e. The molecular weight excluding hydrogens is 267 g/mol. The van der Waals surface area contributed by atoms with Crippen molar-refractivity contribution in [3.05, 3.63) is 29.8 Å². The van der Waals surface area contributed by atoms with Gasteiger partial charge >= 0.3 is 29.6 Å². The van der Waals surface area contributed by atoms with E-state index in [9.17, 15) is 14.4 Å². The van der Waals surface area contributed by atoms with Crippen molar-refractivity contribution in [3.8, 4) is 0 Å². The number of hydrogen-bond acceptors (Lipinski definition) is 3. The number of hydrogen-bond donors (Lipinski definition) is 1. The van der Waals surface area contributed by atoms with Crippen LogP contribution in [-0.2, 0) is 14.4 Å². The van der Waals surface area contributed by atoms with E-state index in [0.29, 0.717) is 19.3 Å². The van der Waals surface area contributed by atoms with Gasteiger partial charge in [-0.25, -0.2) is 11.3 Å². The molecule has 0 aliphatic carbocycles. The molecule has 1 fully saturated rings. The van der Waals surface area contributed by atoms with Crippen LogP contribution in [0.4, 0.5) is 5.69 Å². The van der Waals surface area contributed by atoms with Crippen molar-refractivity contribution in [2.75, 3.05) is 11.9 Å². The van der Waals surface area contributed by atoms with E-state index in [1.807, 2.05) is 19.1 Å². The molecule has 1 aromatic rings. The molecule has 1 N–H and O–H groups in total. The van der Waals surface area contributed by atoms with Crippen molar-refractivity contribution in [1.82, 2.24) is 5.32 Å². The third-order valence-electron chi connectivity index (χ3n) is 2.59. The predicted octanol–water partition coefficient (Wildman–Crippen LogP) is -1.88. The summed E-state index contributed by atoms with van der Waals surface area (Å²) in [6, 6.07) is 8.54. The summed E-state index contributed by atoms with van der Waals surface area (Å²) < 4.78 is 0. The van der Waals surface area contributed by atoms with Gasteiger partial charge in [0.2, 0.25) is 11.8 Å². The van der Waals surface area contributed by atoms with Crippen molar-refractivity contribution >= 4 is 23.9 Å². The van der Waals surface area contributed by atoms with Crippen molar-refractivity contribution in [1.29, 1.82) is 0 Å². The summed E-state index contributed by atoms with van der Waals surface area (Å²) >= 11 is 0. The zero-order valence-electron chi connectivity index (χ0n) is 12.0. The van der Waals surface area contributed by atoms with Crippen LogP contribution in [0.25, 0.3) is 0 Å². The van der Waals surface area contributed by atoms with E-state index in [1.54, 1.807) is 19.5 Å². The molecule has 2 rings (SSSR count). The van der Waals surface area contributed by atoms with Crippen molar-refractivity contribution in [2.24, 2.45) is 0 Å². The Hall–Kier alpha value is -1.17. The van der Waals surface area contributed by atoms with Crippen LogP contribution in [0, 0.1) is 13.0 Å². The number of benzene rings is 1. The fourth-order valence-electron chi connectivity index (χ4n) is 1.61. The maximum absolute atomic E-state index is 10.3. The number of rotatable bonds is 2. The van der Waals surface area contributed by atoms with Gasteiger partial charge in [-0.05, 0) is 13.5 Å². The molecule has 3 amide bonds. The van der Waals surface area contributed by atoms with Crippen LogP contribution < -0.4 is 39.8 Å². The van der Waals surface area contributed by atoms with Crippen LogP contribution in [0.1, 0.15) is 24.8 Å². The zero-order chi connectivity index (χ0) is 14.3. The largest absolute Gasteiger partial charge is 1.00 e. The second-order valence-corrected chi connectivity index (χ2v) is 4.18. The summed E-state index contributed by atoms with van der Waals surface area (Å²) in [5, 5.41) is 2.20. The Balaban J connectivity index is 0.000000359. The van der Waals surface area contributed by atoms with Gasteiger partial charge in [-0.3, -0.25) is 21.0 Å². The number of nitrogens with zero attached hydrogens (tertiary/aromatic N) is 1. The number of carbonyl (C=O) groups excluding carboxylic acids is 3. The van der Waals surface area contributed by atoms with Gasteiger partial charge < -0.3 is 9.69 Å². The topological polar surface area (TPSA) is 66.5 Å². The Morgan fingerprint density at radius 1 is 1.30 bits per heavy atom. The van der Waals surface area contributed by atoms with Crippen LogP contribution in [0.15, 0.2) is 18.2 Å². The smallest absolute Gasteiger partial charge is 0.501 e. The number of aryl methyl sites for hydroxylation is 1. The van der Waals surface area contributed by atoms with E-state index in [-0.39, 0.29) is 41.4 Å². The SMILES string of the molecule is Cc1ccc[c-]c1N(C)[C-]=O.O=C1CCCC(=O)N1.[Na+]. The van der Waals surface area contributed by atoms with Crippen molar-refractivity contribution in [2.45, 2.75) is 26.2 Å². The van der Waals surface area contributed by atoms with Crippen LogP contribution in [0.3, 0.4) is 0 Å². The Morgan fingerprint density at radius 3 is 2.30 bits per heavy atom. The second kappa shape index (κ2) is 9.69. The summed E-state index contributed by atoms with van der Waals surface area (Å²) in [5.74, 6) is -0.275. The molecule has 1 aliphatic rings. The fraction of sp³-hybridized carbons (Fsp3) is 0.357. The first kappa shape index (κ1) is 18.8. The van der Waals surface area contributed by atoms with E-state index in [2.05, 4.69) is 11.4 Å². The van der Waals surface area contributed by atoms with Crippen LogP contribution in [0.5, 0.6) is 0 Å². The molecule has 1 saturated heterocycles. The van der Waals surface area contributed by atoms with E-state index in [0.717, 1.165) is 11.3 Å². The van der Waals surface area contributed by atoms with Gasteiger partial charge in [-0.2, -0.15) is 18.2 Å².